The van der Waals surface area contributed by atoms with Crippen molar-refractivity contribution in [1.29, 1.82) is 0 Å². The highest BCUT2D eigenvalue weighted by Gasteiger charge is 2.22. The first kappa shape index (κ1) is 24.3. The van der Waals surface area contributed by atoms with Gasteiger partial charge in [-0.25, -0.2) is 9.37 Å². The van der Waals surface area contributed by atoms with Crippen molar-refractivity contribution in [3.05, 3.63) is 77.6 Å². The number of imidazole rings is 1. The number of hydrogen-bond donors (Lipinski definition) is 0. The number of ether oxygens (including phenoxy) is 1. The van der Waals surface area contributed by atoms with Gasteiger partial charge in [-0.1, -0.05) is 13.0 Å². The van der Waals surface area contributed by atoms with E-state index in [9.17, 15) is 9.18 Å². The van der Waals surface area contributed by atoms with Crippen molar-refractivity contribution < 1.29 is 13.9 Å². The van der Waals surface area contributed by atoms with E-state index in [1.807, 2.05) is 29.3 Å². The minimum absolute atomic E-state index is 0.143. The molecular formula is C28H34FN5O2. The van der Waals surface area contributed by atoms with E-state index < -0.39 is 0 Å². The minimum Gasteiger partial charge on any atom is -0.491 e. The third-order valence-electron chi connectivity index (χ3n) is 7.11. The van der Waals surface area contributed by atoms with E-state index in [2.05, 4.69) is 38.4 Å². The Balaban J connectivity index is 1.17. The number of hydrogen-bond acceptors (Lipinski definition) is 5. The van der Waals surface area contributed by atoms with Crippen molar-refractivity contribution in [2.24, 2.45) is 0 Å². The van der Waals surface area contributed by atoms with Crippen LogP contribution in [0.3, 0.4) is 0 Å². The third-order valence-corrected chi connectivity index (χ3v) is 7.11. The van der Waals surface area contributed by atoms with Crippen LogP contribution in [0.25, 0.3) is 0 Å². The first-order valence-electron chi connectivity index (χ1n) is 12.8. The predicted molar refractivity (Wildman–Crippen MR) is 137 cm³/mol. The van der Waals surface area contributed by atoms with Crippen LogP contribution in [0.15, 0.2) is 54.9 Å². The first-order valence-corrected chi connectivity index (χ1v) is 12.8. The van der Waals surface area contributed by atoms with Crippen LogP contribution in [0.4, 0.5) is 10.1 Å². The summed E-state index contributed by atoms with van der Waals surface area (Å²) in [6.07, 6.45) is 5.05. The maximum atomic E-state index is 13.2. The highest BCUT2D eigenvalue weighted by molar-refractivity contribution is 5.76. The molecule has 2 aromatic carbocycles. The molecule has 0 spiro atoms. The van der Waals surface area contributed by atoms with Gasteiger partial charge in [-0.15, -0.1) is 0 Å². The second kappa shape index (κ2) is 11.1. The summed E-state index contributed by atoms with van der Waals surface area (Å²) in [6, 6.07) is 13.1. The topological polar surface area (TPSA) is 53.8 Å². The number of anilines is 1. The number of nitrogens with zero attached hydrogens (tertiary/aromatic N) is 5. The first-order chi connectivity index (χ1) is 17.6. The number of piperazine rings is 1. The number of carbonyl (C=O) groups is 1. The second-order valence-electron chi connectivity index (χ2n) is 9.49. The fourth-order valence-corrected chi connectivity index (χ4v) is 5.07. The molecule has 36 heavy (non-hydrogen) atoms. The van der Waals surface area contributed by atoms with Crippen LogP contribution in [0.1, 0.15) is 30.3 Å². The number of aryl methyl sites for hydroxylation is 2. The maximum absolute atomic E-state index is 13.2. The van der Waals surface area contributed by atoms with E-state index in [1.165, 1.54) is 17.7 Å². The Morgan fingerprint density at radius 1 is 1.06 bits per heavy atom. The molecule has 1 aromatic heterocycles. The standard InChI is InChI=1S/C28H34FN5O2/c1-2-27-30-10-12-33(27)11-9-28(35)34-17-18-36-26-8-3-22(19-23(26)21-34)20-31-13-15-32(16-14-31)25-6-4-24(29)5-7-25/h3-8,10,12,19H,2,9,11,13-18,20-21H2,1H3. The number of rotatable bonds is 7. The molecule has 190 valence electrons. The lowest BCUT2D eigenvalue weighted by Crippen LogP contribution is -2.45. The Bertz CT molecular complexity index is 1170. The van der Waals surface area contributed by atoms with Gasteiger partial charge in [0, 0.05) is 82.3 Å². The average Bonchev–Trinajstić information content (AvgIpc) is 3.25. The summed E-state index contributed by atoms with van der Waals surface area (Å²) in [4.78, 5) is 24.0. The van der Waals surface area contributed by atoms with E-state index in [0.717, 1.165) is 62.0 Å². The number of aromatic nitrogens is 2. The number of carbonyl (C=O) groups excluding carboxylic acids is 1. The lowest BCUT2D eigenvalue weighted by molar-refractivity contribution is -0.132. The van der Waals surface area contributed by atoms with Gasteiger partial charge in [0.25, 0.3) is 0 Å². The summed E-state index contributed by atoms with van der Waals surface area (Å²) in [5.74, 6) is 1.83. The molecule has 1 fully saturated rings. The number of fused-ring (bicyclic) bond motifs is 1. The summed E-state index contributed by atoms with van der Waals surface area (Å²) >= 11 is 0. The molecule has 2 aliphatic rings. The van der Waals surface area contributed by atoms with Crippen molar-refractivity contribution in [1.82, 2.24) is 19.4 Å². The van der Waals surface area contributed by atoms with Crippen LogP contribution in [0.5, 0.6) is 5.75 Å². The SMILES string of the molecule is CCc1nccn1CCC(=O)N1CCOc2ccc(CN3CCN(c4ccc(F)cc4)CC3)cc2C1. The smallest absolute Gasteiger partial charge is 0.224 e. The molecule has 0 bridgehead atoms. The van der Waals surface area contributed by atoms with Crippen LogP contribution in [-0.2, 0) is 30.8 Å². The van der Waals surface area contributed by atoms with E-state index >= 15 is 0 Å². The van der Waals surface area contributed by atoms with E-state index in [1.54, 1.807) is 6.20 Å². The summed E-state index contributed by atoms with van der Waals surface area (Å²) in [5, 5.41) is 0. The lowest BCUT2D eigenvalue weighted by Gasteiger charge is -2.36. The molecule has 0 aliphatic carbocycles. The van der Waals surface area contributed by atoms with E-state index in [-0.39, 0.29) is 11.7 Å². The zero-order chi connectivity index (χ0) is 24.9. The van der Waals surface area contributed by atoms with E-state index in [4.69, 9.17) is 4.74 Å². The van der Waals surface area contributed by atoms with Gasteiger partial charge in [-0.05, 0) is 42.0 Å². The molecule has 0 unspecified atom stereocenters. The zero-order valence-electron chi connectivity index (χ0n) is 20.9. The molecule has 1 amide bonds. The predicted octanol–water partition coefficient (Wildman–Crippen LogP) is 3.72. The molecule has 7 nitrogen and oxygen atoms in total. The average molecular weight is 492 g/mol. The summed E-state index contributed by atoms with van der Waals surface area (Å²) in [7, 11) is 0. The Morgan fingerprint density at radius 3 is 2.64 bits per heavy atom. The molecule has 2 aliphatic heterocycles. The summed E-state index contributed by atoms with van der Waals surface area (Å²) < 4.78 is 21.3. The molecule has 5 rings (SSSR count). The van der Waals surface area contributed by atoms with Gasteiger partial charge < -0.3 is 19.1 Å². The van der Waals surface area contributed by atoms with Crippen molar-refractivity contribution in [3.63, 3.8) is 0 Å². The Hall–Kier alpha value is -3.39. The number of amides is 1. The van der Waals surface area contributed by atoms with Gasteiger partial charge in [-0.3, -0.25) is 9.69 Å². The molecule has 0 radical (unpaired) electrons. The molecule has 0 N–H and O–H groups in total. The highest BCUT2D eigenvalue weighted by atomic mass is 19.1. The van der Waals surface area contributed by atoms with Crippen LogP contribution >= 0.6 is 0 Å². The molecule has 0 atom stereocenters. The molecule has 1 saturated heterocycles. The second-order valence-corrected chi connectivity index (χ2v) is 9.49. The van der Waals surface area contributed by atoms with Gasteiger partial charge in [-0.2, -0.15) is 0 Å². The van der Waals surface area contributed by atoms with Gasteiger partial charge in [0.05, 0.1) is 6.54 Å². The highest BCUT2D eigenvalue weighted by Crippen LogP contribution is 2.26. The van der Waals surface area contributed by atoms with Gasteiger partial charge in [0.1, 0.15) is 24.0 Å². The monoisotopic (exact) mass is 491 g/mol. The van der Waals surface area contributed by atoms with Crippen molar-refractivity contribution in [3.8, 4) is 5.75 Å². The quantitative estimate of drug-likeness (QED) is 0.504. The van der Waals surface area contributed by atoms with Crippen LogP contribution < -0.4 is 9.64 Å². The molecular weight excluding hydrogens is 457 g/mol. The molecule has 3 aromatic rings. The third kappa shape index (κ3) is 5.70. The van der Waals surface area contributed by atoms with Gasteiger partial charge >= 0.3 is 0 Å². The fraction of sp³-hybridized carbons (Fsp3) is 0.429. The Labute approximate surface area is 212 Å². The number of halogens is 1. The summed E-state index contributed by atoms with van der Waals surface area (Å²) in [5.41, 5.74) is 3.37. The number of benzene rings is 2. The van der Waals surface area contributed by atoms with Gasteiger partial charge in [0.2, 0.25) is 5.91 Å². The fourth-order valence-electron chi connectivity index (χ4n) is 5.07. The zero-order valence-corrected chi connectivity index (χ0v) is 20.9. The van der Waals surface area contributed by atoms with Crippen molar-refractivity contribution in [2.45, 2.75) is 39.4 Å². The normalized spacial score (nSPS) is 16.4. The van der Waals surface area contributed by atoms with E-state index in [0.29, 0.717) is 32.7 Å². The minimum atomic E-state index is -0.200. The van der Waals surface area contributed by atoms with Gasteiger partial charge in [0.15, 0.2) is 0 Å². The summed E-state index contributed by atoms with van der Waals surface area (Å²) in [6.45, 7) is 8.99. The lowest BCUT2D eigenvalue weighted by atomic mass is 10.1. The largest absolute Gasteiger partial charge is 0.491 e. The van der Waals surface area contributed by atoms with Crippen LogP contribution in [0, 0.1) is 5.82 Å². The Morgan fingerprint density at radius 2 is 1.86 bits per heavy atom. The molecule has 8 heteroatoms. The van der Waals surface area contributed by atoms with Crippen LogP contribution in [-0.4, -0.2) is 64.6 Å². The van der Waals surface area contributed by atoms with Crippen molar-refractivity contribution in [2.75, 3.05) is 44.2 Å². The van der Waals surface area contributed by atoms with Crippen molar-refractivity contribution >= 4 is 11.6 Å². The van der Waals surface area contributed by atoms with Crippen LogP contribution in [0.2, 0.25) is 0 Å². The maximum Gasteiger partial charge on any atom is 0.224 e. The molecule has 3 heterocycles. The Kier molecular flexibility index (Phi) is 7.51. The molecule has 0 saturated carbocycles.